The monoisotopic (exact) mass is 555 g/mol. The second-order valence-corrected chi connectivity index (χ2v) is 10.1. The van der Waals surface area contributed by atoms with Crippen LogP contribution < -0.4 is 10.2 Å². The standard InChI is InChI=1S/C28H30ClN3O7/c1-17-22(16-28(13-4-14-31(28)2)27(37)39-30-24(33)11-12-25(34)35)21-15-20(38-3)9-10-23(21)32(17)26(36)18-5-7-19(29)8-6-18/h5-10,15H,4,11-14,16H2,1-3H3,(H,30,33)(H,34,35). The molecular weight excluding hydrogens is 526 g/mol. The zero-order valence-corrected chi connectivity index (χ0v) is 22.7. The number of amides is 1. The van der Waals surface area contributed by atoms with Gasteiger partial charge in [0.15, 0.2) is 0 Å². The number of carboxylic acids is 1. The van der Waals surface area contributed by atoms with Gasteiger partial charge in [0.25, 0.3) is 11.8 Å². The number of fused-ring (bicyclic) bond motifs is 1. The second-order valence-electron chi connectivity index (χ2n) is 9.64. The first-order valence-corrected chi connectivity index (χ1v) is 12.9. The number of likely N-dealkylation sites (tertiary alicyclic amines) is 1. The molecule has 4 rings (SSSR count). The lowest BCUT2D eigenvalue weighted by Crippen LogP contribution is -2.53. The third-order valence-corrected chi connectivity index (χ3v) is 7.58. The molecule has 1 unspecified atom stereocenters. The molecule has 1 fully saturated rings. The van der Waals surface area contributed by atoms with Gasteiger partial charge in [0, 0.05) is 34.5 Å². The highest BCUT2D eigenvalue weighted by atomic mass is 35.5. The number of ether oxygens (including phenoxy) is 1. The predicted molar refractivity (Wildman–Crippen MR) is 144 cm³/mol. The van der Waals surface area contributed by atoms with E-state index in [-0.39, 0.29) is 25.2 Å². The molecule has 0 spiro atoms. The molecule has 0 aliphatic carbocycles. The minimum absolute atomic E-state index is 0.212. The molecule has 10 nitrogen and oxygen atoms in total. The van der Waals surface area contributed by atoms with Gasteiger partial charge in [-0.15, -0.1) is 0 Å². The van der Waals surface area contributed by atoms with Crippen LogP contribution >= 0.6 is 11.6 Å². The fourth-order valence-corrected chi connectivity index (χ4v) is 5.25. The summed E-state index contributed by atoms with van der Waals surface area (Å²) in [5.41, 5.74) is 3.54. The number of aromatic nitrogens is 1. The number of hydrogen-bond donors (Lipinski definition) is 2. The molecule has 1 aliphatic rings. The van der Waals surface area contributed by atoms with Gasteiger partial charge in [-0.3, -0.25) is 23.9 Å². The van der Waals surface area contributed by atoms with E-state index in [4.69, 9.17) is 26.3 Å². The topological polar surface area (TPSA) is 127 Å². The fourth-order valence-electron chi connectivity index (χ4n) is 5.12. The Bertz CT molecular complexity index is 1430. The third kappa shape index (κ3) is 5.62. The maximum atomic E-state index is 13.7. The summed E-state index contributed by atoms with van der Waals surface area (Å²) in [7, 11) is 3.37. The molecule has 0 radical (unpaired) electrons. The van der Waals surface area contributed by atoms with E-state index in [9.17, 15) is 19.2 Å². The minimum atomic E-state index is -1.13. The summed E-state index contributed by atoms with van der Waals surface area (Å²) in [5, 5.41) is 10.1. The van der Waals surface area contributed by atoms with Crippen molar-refractivity contribution in [1.29, 1.82) is 0 Å². The maximum Gasteiger partial charge on any atom is 0.352 e. The number of nitrogens with zero attached hydrogens (tertiary/aromatic N) is 2. The smallest absolute Gasteiger partial charge is 0.352 e. The molecule has 0 saturated carbocycles. The SMILES string of the molecule is COc1ccc2c(c1)c(CC1(C(=O)ONC(=O)CCC(=O)O)CCCN1C)c(C)n2C(=O)c1ccc(Cl)cc1. The van der Waals surface area contributed by atoms with E-state index in [1.54, 1.807) is 42.0 Å². The molecule has 1 atom stereocenters. The summed E-state index contributed by atoms with van der Waals surface area (Å²) in [6.07, 6.45) is 0.711. The van der Waals surface area contributed by atoms with Gasteiger partial charge in [0.2, 0.25) is 0 Å². The van der Waals surface area contributed by atoms with Gasteiger partial charge in [-0.2, -0.15) is 5.48 Å². The van der Waals surface area contributed by atoms with E-state index < -0.39 is 23.4 Å². The number of rotatable bonds is 8. The Morgan fingerprint density at radius 3 is 2.44 bits per heavy atom. The van der Waals surface area contributed by atoms with Gasteiger partial charge in [-0.05, 0) is 81.4 Å². The van der Waals surface area contributed by atoms with Crippen LogP contribution in [0.1, 0.15) is 47.3 Å². The van der Waals surface area contributed by atoms with Crippen molar-refractivity contribution in [3.63, 3.8) is 0 Å². The molecule has 39 heavy (non-hydrogen) atoms. The third-order valence-electron chi connectivity index (χ3n) is 7.32. The number of carbonyl (C=O) groups is 4. The molecule has 11 heteroatoms. The van der Waals surface area contributed by atoms with Crippen LogP contribution in [0.4, 0.5) is 0 Å². The molecule has 2 heterocycles. The molecule has 1 aliphatic heterocycles. The van der Waals surface area contributed by atoms with Crippen molar-refractivity contribution >= 4 is 46.3 Å². The average molecular weight is 556 g/mol. The van der Waals surface area contributed by atoms with Crippen molar-refractivity contribution in [3.05, 3.63) is 64.3 Å². The van der Waals surface area contributed by atoms with Crippen molar-refractivity contribution in [3.8, 4) is 5.75 Å². The van der Waals surface area contributed by atoms with Crippen molar-refractivity contribution in [2.24, 2.45) is 0 Å². The van der Waals surface area contributed by atoms with Crippen molar-refractivity contribution in [2.45, 2.75) is 44.6 Å². The Hall–Kier alpha value is -3.89. The van der Waals surface area contributed by atoms with Crippen LogP contribution in [-0.4, -0.2) is 64.6 Å². The van der Waals surface area contributed by atoms with E-state index in [1.807, 2.05) is 31.0 Å². The molecule has 1 saturated heterocycles. The molecular formula is C28H30ClN3O7. The highest BCUT2D eigenvalue weighted by Crippen LogP contribution is 2.38. The first-order chi connectivity index (χ1) is 18.6. The number of carboxylic acid groups (broad SMARTS) is 1. The lowest BCUT2D eigenvalue weighted by Gasteiger charge is -2.33. The molecule has 206 valence electrons. The number of likely N-dealkylation sites (N-methyl/N-ethyl adjacent to an activating group) is 1. The van der Waals surface area contributed by atoms with Gasteiger partial charge in [0.05, 0.1) is 19.0 Å². The van der Waals surface area contributed by atoms with E-state index >= 15 is 0 Å². The molecule has 0 bridgehead atoms. The molecule has 1 amide bonds. The van der Waals surface area contributed by atoms with E-state index in [0.29, 0.717) is 40.5 Å². The van der Waals surface area contributed by atoms with E-state index in [0.717, 1.165) is 17.4 Å². The van der Waals surface area contributed by atoms with Crippen LogP contribution in [0.15, 0.2) is 42.5 Å². The highest BCUT2D eigenvalue weighted by Gasteiger charge is 2.48. The van der Waals surface area contributed by atoms with Gasteiger partial charge in [-0.1, -0.05) is 11.6 Å². The quantitative estimate of drug-likeness (QED) is 0.402. The Balaban J connectivity index is 1.73. The largest absolute Gasteiger partial charge is 0.497 e. The van der Waals surface area contributed by atoms with Crippen molar-refractivity contribution < 1.29 is 33.9 Å². The van der Waals surface area contributed by atoms with Crippen LogP contribution in [0.2, 0.25) is 5.02 Å². The van der Waals surface area contributed by atoms with Crippen LogP contribution in [0.3, 0.4) is 0 Å². The summed E-state index contributed by atoms with van der Waals surface area (Å²) in [6, 6.07) is 12.1. The van der Waals surface area contributed by atoms with E-state index in [2.05, 4.69) is 5.48 Å². The van der Waals surface area contributed by atoms with Gasteiger partial charge in [-0.25, -0.2) is 4.79 Å². The number of aliphatic carboxylic acids is 1. The number of halogens is 1. The van der Waals surface area contributed by atoms with Gasteiger partial charge in [0.1, 0.15) is 11.3 Å². The summed E-state index contributed by atoms with van der Waals surface area (Å²) in [5.74, 6) is -2.13. The van der Waals surface area contributed by atoms with Crippen LogP contribution in [0.5, 0.6) is 5.75 Å². The fraction of sp³-hybridized carbons (Fsp3) is 0.357. The first-order valence-electron chi connectivity index (χ1n) is 12.5. The summed E-state index contributed by atoms with van der Waals surface area (Å²) in [4.78, 5) is 57.0. The molecule has 2 aromatic carbocycles. The zero-order valence-electron chi connectivity index (χ0n) is 22.0. The number of hydrogen-bond acceptors (Lipinski definition) is 7. The normalized spacial score (nSPS) is 17.2. The van der Waals surface area contributed by atoms with E-state index in [1.165, 1.54) is 0 Å². The highest BCUT2D eigenvalue weighted by molar-refractivity contribution is 6.30. The molecule has 1 aromatic heterocycles. The number of nitrogens with one attached hydrogen (secondary N) is 1. The average Bonchev–Trinajstić information content (AvgIpc) is 3.42. The Kier molecular flexibility index (Phi) is 8.27. The Labute approximate surface area is 230 Å². The molecule has 3 aromatic rings. The summed E-state index contributed by atoms with van der Waals surface area (Å²) >= 11 is 6.02. The lowest BCUT2D eigenvalue weighted by atomic mass is 9.87. The Morgan fingerprint density at radius 1 is 1.10 bits per heavy atom. The van der Waals surface area contributed by atoms with Crippen molar-refractivity contribution in [2.75, 3.05) is 20.7 Å². The number of methoxy groups -OCH3 is 1. The number of hydroxylamine groups is 1. The maximum absolute atomic E-state index is 13.7. The zero-order chi connectivity index (χ0) is 28.3. The minimum Gasteiger partial charge on any atom is -0.497 e. The molecule has 2 N–H and O–H groups in total. The lowest BCUT2D eigenvalue weighted by molar-refractivity contribution is -0.168. The van der Waals surface area contributed by atoms with Gasteiger partial charge >= 0.3 is 11.9 Å². The first kappa shape index (κ1) is 28.1. The predicted octanol–water partition coefficient (Wildman–Crippen LogP) is 3.75. The summed E-state index contributed by atoms with van der Waals surface area (Å²) in [6.45, 7) is 2.46. The van der Waals surface area contributed by atoms with Crippen molar-refractivity contribution in [1.82, 2.24) is 14.9 Å². The van der Waals surface area contributed by atoms with Crippen LogP contribution in [-0.2, 0) is 25.6 Å². The van der Waals surface area contributed by atoms with Crippen LogP contribution in [0, 0.1) is 6.92 Å². The summed E-state index contributed by atoms with van der Waals surface area (Å²) < 4.78 is 7.07. The second kappa shape index (κ2) is 11.5. The Morgan fingerprint density at radius 2 is 1.82 bits per heavy atom. The number of carbonyl (C=O) groups excluding carboxylic acids is 3. The van der Waals surface area contributed by atoms with Gasteiger partial charge < -0.3 is 14.7 Å². The van der Waals surface area contributed by atoms with Crippen LogP contribution in [0.25, 0.3) is 10.9 Å². The number of benzene rings is 2.